The van der Waals surface area contributed by atoms with E-state index >= 15 is 0 Å². The Morgan fingerprint density at radius 1 is 1.16 bits per heavy atom. The summed E-state index contributed by atoms with van der Waals surface area (Å²) in [6.07, 6.45) is 2.91. The van der Waals surface area contributed by atoms with Crippen LogP contribution in [0.5, 0.6) is 0 Å². The Balaban J connectivity index is 2.34. The maximum Gasteiger partial charge on any atom is 0.243 e. The highest BCUT2D eigenvalue weighted by molar-refractivity contribution is 7.89. The number of hydrogen-bond donors (Lipinski definition) is 1. The number of piperidine rings is 1. The van der Waals surface area contributed by atoms with Crippen molar-refractivity contribution in [2.24, 2.45) is 0 Å². The first-order chi connectivity index (χ1) is 8.96. The normalized spacial score (nSPS) is 25.4. The molecule has 0 aromatic heterocycles. The first-order valence-electron chi connectivity index (χ1n) is 6.70. The van der Waals surface area contributed by atoms with E-state index in [0.717, 1.165) is 24.8 Å². The fraction of sp³-hybridized carbons (Fsp3) is 0.571. The Kier molecular flexibility index (Phi) is 4.28. The van der Waals surface area contributed by atoms with Crippen molar-refractivity contribution in [1.29, 1.82) is 0 Å². The molecule has 1 saturated heterocycles. The van der Waals surface area contributed by atoms with Gasteiger partial charge in [-0.1, -0.05) is 18.6 Å². The molecule has 2 rings (SSSR count). The van der Waals surface area contributed by atoms with Gasteiger partial charge >= 0.3 is 0 Å². The quantitative estimate of drug-likeness (QED) is 0.924. The van der Waals surface area contributed by atoms with Crippen LogP contribution in [0.1, 0.15) is 38.7 Å². The average Bonchev–Trinajstić information content (AvgIpc) is 2.38. The van der Waals surface area contributed by atoms with E-state index in [4.69, 9.17) is 5.11 Å². The Hall–Kier alpha value is -0.910. The molecule has 19 heavy (non-hydrogen) atoms. The number of hydrogen-bond acceptors (Lipinski definition) is 3. The van der Waals surface area contributed by atoms with Crippen LogP contribution in [-0.4, -0.2) is 29.9 Å². The topological polar surface area (TPSA) is 57.6 Å². The second-order valence-electron chi connectivity index (χ2n) is 5.27. The van der Waals surface area contributed by atoms with Gasteiger partial charge in [-0.05, 0) is 44.4 Å². The number of nitrogens with zero attached hydrogens (tertiary/aromatic N) is 1. The molecule has 5 heteroatoms. The lowest BCUT2D eigenvalue weighted by molar-refractivity contribution is 0.204. The van der Waals surface area contributed by atoms with Gasteiger partial charge in [0.1, 0.15) is 0 Å². The van der Waals surface area contributed by atoms with E-state index in [-0.39, 0.29) is 18.7 Å². The lowest BCUT2D eigenvalue weighted by atomic mass is 10.0. The molecule has 0 bridgehead atoms. The van der Waals surface area contributed by atoms with Crippen LogP contribution in [0, 0.1) is 0 Å². The summed E-state index contributed by atoms with van der Waals surface area (Å²) in [6.45, 7) is 3.86. The highest BCUT2D eigenvalue weighted by Crippen LogP contribution is 2.29. The number of aliphatic hydroxyl groups is 1. The first-order valence-corrected chi connectivity index (χ1v) is 8.14. The second kappa shape index (κ2) is 5.61. The third kappa shape index (κ3) is 2.83. The van der Waals surface area contributed by atoms with Crippen LogP contribution in [0.4, 0.5) is 0 Å². The van der Waals surface area contributed by atoms with Crippen LogP contribution in [0.3, 0.4) is 0 Å². The molecule has 1 aromatic rings. The van der Waals surface area contributed by atoms with Crippen molar-refractivity contribution in [2.75, 3.05) is 0 Å². The minimum atomic E-state index is -3.43. The maximum absolute atomic E-state index is 12.7. The van der Waals surface area contributed by atoms with Gasteiger partial charge in [-0.2, -0.15) is 4.31 Å². The molecule has 1 aliphatic heterocycles. The summed E-state index contributed by atoms with van der Waals surface area (Å²) in [5.74, 6) is 0. The van der Waals surface area contributed by atoms with Gasteiger partial charge < -0.3 is 5.11 Å². The highest BCUT2D eigenvalue weighted by Gasteiger charge is 2.35. The van der Waals surface area contributed by atoms with Crippen LogP contribution < -0.4 is 0 Å². The lowest BCUT2D eigenvalue weighted by Gasteiger charge is -2.37. The van der Waals surface area contributed by atoms with Gasteiger partial charge in [0.25, 0.3) is 0 Å². The van der Waals surface area contributed by atoms with Gasteiger partial charge in [-0.3, -0.25) is 0 Å². The van der Waals surface area contributed by atoms with Crippen molar-refractivity contribution in [2.45, 2.75) is 56.7 Å². The molecule has 1 N–H and O–H groups in total. The van der Waals surface area contributed by atoms with Gasteiger partial charge in [-0.15, -0.1) is 0 Å². The molecule has 1 heterocycles. The van der Waals surface area contributed by atoms with Crippen molar-refractivity contribution < 1.29 is 13.5 Å². The van der Waals surface area contributed by atoms with Crippen LogP contribution in [0.2, 0.25) is 0 Å². The summed E-state index contributed by atoms with van der Waals surface area (Å²) in [4.78, 5) is 0.310. The van der Waals surface area contributed by atoms with E-state index in [9.17, 15) is 8.42 Å². The summed E-state index contributed by atoms with van der Waals surface area (Å²) in [7, 11) is -3.43. The molecule has 4 nitrogen and oxygen atoms in total. The Labute approximate surface area is 115 Å². The summed E-state index contributed by atoms with van der Waals surface area (Å²) >= 11 is 0. The number of aliphatic hydroxyl groups excluding tert-OH is 1. The standard InChI is InChI=1S/C14H21NO3S/c1-11-4-3-5-12(2)15(11)19(17,18)14-8-6-13(10-16)7-9-14/h6-9,11-12,16H,3-5,10H2,1-2H3/t11-,12+. The first kappa shape index (κ1) is 14.5. The molecular weight excluding hydrogens is 262 g/mol. The van der Waals surface area contributed by atoms with Gasteiger partial charge in [0.15, 0.2) is 0 Å². The molecule has 1 aromatic carbocycles. The lowest BCUT2D eigenvalue weighted by Crippen LogP contribution is -2.47. The van der Waals surface area contributed by atoms with Crippen molar-refractivity contribution in [1.82, 2.24) is 4.31 Å². The monoisotopic (exact) mass is 283 g/mol. The smallest absolute Gasteiger partial charge is 0.243 e. The fourth-order valence-corrected chi connectivity index (χ4v) is 4.64. The molecular formula is C14H21NO3S. The van der Waals surface area contributed by atoms with Crippen LogP contribution >= 0.6 is 0 Å². The molecule has 2 atom stereocenters. The van der Waals surface area contributed by atoms with Gasteiger partial charge in [0.05, 0.1) is 11.5 Å². The zero-order valence-electron chi connectivity index (χ0n) is 11.4. The van der Waals surface area contributed by atoms with Crippen LogP contribution in [0.25, 0.3) is 0 Å². The van der Waals surface area contributed by atoms with E-state index in [0.29, 0.717) is 4.90 Å². The Morgan fingerprint density at radius 3 is 2.16 bits per heavy atom. The highest BCUT2D eigenvalue weighted by atomic mass is 32.2. The largest absolute Gasteiger partial charge is 0.392 e. The zero-order valence-corrected chi connectivity index (χ0v) is 12.2. The average molecular weight is 283 g/mol. The van der Waals surface area contributed by atoms with Gasteiger partial charge in [-0.25, -0.2) is 8.42 Å². The molecule has 0 amide bonds. The summed E-state index contributed by atoms with van der Waals surface area (Å²) < 4.78 is 27.0. The minimum absolute atomic E-state index is 0.0475. The maximum atomic E-state index is 12.7. The number of sulfonamides is 1. The van der Waals surface area contributed by atoms with Crippen molar-refractivity contribution in [3.05, 3.63) is 29.8 Å². The summed E-state index contributed by atoms with van der Waals surface area (Å²) in [5.41, 5.74) is 0.721. The van der Waals surface area contributed by atoms with E-state index in [2.05, 4.69) is 0 Å². The van der Waals surface area contributed by atoms with E-state index in [1.54, 1.807) is 28.6 Å². The van der Waals surface area contributed by atoms with Gasteiger partial charge in [0.2, 0.25) is 10.0 Å². The molecule has 1 fully saturated rings. The molecule has 0 spiro atoms. The van der Waals surface area contributed by atoms with E-state index < -0.39 is 10.0 Å². The predicted molar refractivity (Wildman–Crippen MR) is 74.2 cm³/mol. The van der Waals surface area contributed by atoms with Crippen molar-refractivity contribution in [3.63, 3.8) is 0 Å². The fourth-order valence-electron chi connectivity index (χ4n) is 2.76. The predicted octanol–water partition coefficient (Wildman–Crippen LogP) is 2.13. The number of benzene rings is 1. The molecule has 106 valence electrons. The van der Waals surface area contributed by atoms with Crippen molar-refractivity contribution in [3.8, 4) is 0 Å². The SMILES string of the molecule is C[C@@H]1CCC[C@H](C)N1S(=O)(=O)c1ccc(CO)cc1. The molecule has 0 aliphatic carbocycles. The number of rotatable bonds is 3. The molecule has 0 radical (unpaired) electrons. The second-order valence-corrected chi connectivity index (χ2v) is 7.11. The zero-order chi connectivity index (χ0) is 14.0. The van der Waals surface area contributed by atoms with E-state index in [1.807, 2.05) is 13.8 Å². The Bertz CT molecular complexity index is 514. The van der Waals surface area contributed by atoms with Crippen LogP contribution in [0.15, 0.2) is 29.2 Å². The van der Waals surface area contributed by atoms with Gasteiger partial charge in [0, 0.05) is 12.1 Å². The van der Waals surface area contributed by atoms with E-state index in [1.165, 1.54) is 0 Å². The molecule has 0 unspecified atom stereocenters. The molecule has 0 saturated carbocycles. The third-order valence-corrected chi connectivity index (χ3v) is 5.94. The van der Waals surface area contributed by atoms with Crippen molar-refractivity contribution >= 4 is 10.0 Å². The summed E-state index contributed by atoms with van der Waals surface area (Å²) in [6, 6.07) is 6.57. The molecule has 1 aliphatic rings. The van der Waals surface area contributed by atoms with Crippen LogP contribution in [-0.2, 0) is 16.6 Å². The third-order valence-electron chi connectivity index (χ3n) is 3.79. The Morgan fingerprint density at radius 2 is 1.68 bits per heavy atom. The summed E-state index contributed by atoms with van der Waals surface area (Å²) in [5, 5.41) is 9.00. The minimum Gasteiger partial charge on any atom is -0.392 e.